The van der Waals surface area contributed by atoms with Crippen LogP contribution in [0, 0.1) is 0 Å². The quantitative estimate of drug-likeness (QED) is 0.746. The number of nitrogens with one attached hydrogen (secondary N) is 1. The summed E-state index contributed by atoms with van der Waals surface area (Å²) in [5, 5.41) is 2.81. The van der Waals surface area contributed by atoms with Gasteiger partial charge in [0.2, 0.25) is 5.91 Å². The number of amides is 1. The van der Waals surface area contributed by atoms with Gasteiger partial charge in [-0.05, 0) is 19.1 Å². The summed E-state index contributed by atoms with van der Waals surface area (Å²) in [7, 11) is 2.97. The second-order valence-electron chi connectivity index (χ2n) is 3.89. The highest BCUT2D eigenvalue weighted by Gasteiger charge is 2.12. The molecular weight excluding hydrogens is 248 g/mol. The van der Waals surface area contributed by atoms with Crippen LogP contribution in [-0.2, 0) is 9.53 Å². The molecule has 1 aromatic heterocycles. The number of hydrogen-bond acceptors (Lipinski definition) is 6. The number of carbonyl (C=O) groups excluding carboxylic acids is 2. The molecule has 19 heavy (non-hydrogen) atoms. The van der Waals surface area contributed by atoms with E-state index in [-0.39, 0.29) is 18.1 Å². The predicted octanol–water partition coefficient (Wildman–Crippen LogP) is 0.341. The number of nitrogens with zero attached hydrogens (tertiary/aromatic N) is 2. The van der Waals surface area contributed by atoms with Crippen LogP contribution in [0.3, 0.4) is 0 Å². The third-order valence-corrected chi connectivity index (χ3v) is 2.63. The van der Waals surface area contributed by atoms with E-state index in [9.17, 15) is 9.59 Å². The van der Waals surface area contributed by atoms with E-state index in [0.717, 1.165) is 0 Å². The van der Waals surface area contributed by atoms with E-state index in [0.29, 0.717) is 18.1 Å². The van der Waals surface area contributed by atoms with Gasteiger partial charge in [0.1, 0.15) is 0 Å². The van der Waals surface area contributed by atoms with Gasteiger partial charge in [-0.25, -0.2) is 9.78 Å². The number of methoxy groups -OCH3 is 1. The number of aromatic nitrogens is 1. The molecule has 0 aromatic carbocycles. The molecule has 0 spiro atoms. The van der Waals surface area contributed by atoms with E-state index in [1.807, 2.05) is 6.92 Å². The zero-order valence-corrected chi connectivity index (χ0v) is 11.3. The minimum absolute atomic E-state index is 0.0617. The summed E-state index contributed by atoms with van der Waals surface area (Å²) in [4.78, 5) is 28.6. The van der Waals surface area contributed by atoms with E-state index in [1.54, 1.807) is 11.9 Å². The number of rotatable bonds is 5. The zero-order chi connectivity index (χ0) is 14.4. The van der Waals surface area contributed by atoms with Crippen molar-refractivity contribution in [2.45, 2.75) is 6.92 Å². The van der Waals surface area contributed by atoms with Gasteiger partial charge in [0.05, 0.1) is 19.3 Å². The first-order valence-corrected chi connectivity index (χ1v) is 5.82. The monoisotopic (exact) mass is 266 g/mol. The van der Waals surface area contributed by atoms with Crippen LogP contribution in [0.2, 0.25) is 0 Å². The lowest BCUT2D eigenvalue weighted by Gasteiger charge is -2.15. The van der Waals surface area contributed by atoms with Crippen LogP contribution in [0.25, 0.3) is 0 Å². The van der Waals surface area contributed by atoms with Crippen molar-refractivity contribution in [2.75, 3.05) is 38.3 Å². The van der Waals surface area contributed by atoms with Crippen molar-refractivity contribution in [2.24, 2.45) is 0 Å². The van der Waals surface area contributed by atoms with Crippen LogP contribution in [-0.4, -0.2) is 49.0 Å². The van der Waals surface area contributed by atoms with Crippen LogP contribution < -0.4 is 11.1 Å². The van der Waals surface area contributed by atoms with Crippen LogP contribution in [0.4, 0.5) is 11.5 Å². The van der Waals surface area contributed by atoms with Crippen LogP contribution in [0.15, 0.2) is 12.1 Å². The summed E-state index contributed by atoms with van der Waals surface area (Å²) in [6, 6.07) is 3.00. The third-order valence-electron chi connectivity index (χ3n) is 2.63. The normalized spacial score (nSPS) is 9.84. The largest absolute Gasteiger partial charge is 0.464 e. The fraction of sp³-hybridized carbons (Fsp3) is 0.417. The van der Waals surface area contributed by atoms with Gasteiger partial charge in [-0.1, -0.05) is 0 Å². The maximum atomic E-state index is 11.6. The highest BCUT2D eigenvalue weighted by molar-refractivity contribution is 5.89. The first-order valence-electron chi connectivity index (χ1n) is 5.82. The van der Waals surface area contributed by atoms with Gasteiger partial charge in [-0.2, -0.15) is 0 Å². The summed E-state index contributed by atoms with van der Waals surface area (Å²) in [5.74, 6) is -0.354. The summed E-state index contributed by atoms with van der Waals surface area (Å²) in [5.41, 5.74) is 6.22. The number of ether oxygens (including phenoxy) is 1. The van der Waals surface area contributed by atoms with Gasteiger partial charge in [0, 0.05) is 13.6 Å². The van der Waals surface area contributed by atoms with E-state index in [1.165, 1.54) is 19.2 Å². The van der Waals surface area contributed by atoms with Gasteiger partial charge in [-0.15, -0.1) is 0 Å². The minimum Gasteiger partial charge on any atom is -0.464 e. The highest BCUT2D eigenvalue weighted by Crippen LogP contribution is 2.15. The van der Waals surface area contributed by atoms with Crippen molar-refractivity contribution in [3.05, 3.63) is 17.8 Å². The number of likely N-dealkylation sites (N-methyl/N-ethyl adjacent to an activating group) is 1. The van der Waals surface area contributed by atoms with Crippen molar-refractivity contribution < 1.29 is 14.3 Å². The smallest absolute Gasteiger partial charge is 0.356 e. The lowest BCUT2D eigenvalue weighted by molar-refractivity contribution is -0.127. The third kappa shape index (κ3) is 3.84. The average Bonchev–Trinajstić information content (AvgIpc) is 2.44. The molecule has 0 bridgehead atoms. The van der Waals surface area contributed by atoms with E-state index in [2.05, 4.69) is 15.0 Å². The van der Waals surface area contributed by atoms with Crippen molar-refractivity contribution in [3.8, 4) is 0 Å². The molecule has 1 heterocycles. The molecule has 7 heteroatoms. The highest BCUT2D eigenvalue weighted by atomic mass is 16.5. The molecule has 7 nitrogen and oxygen atoms in total. The molecule has 104 valence electrons. The Morgan fingerprint density at radius 3 is 2.74 bits per heavy atom. The van der Waals surface area contributed by atoms with Crippen molar-refractivity contribution >= 4 is 23.4 Å². The molecule has 1 aromatic rings. The van der Waals surface area contributed by atoms with Gasteiger partial charge in [0.15, 0.2) is 11.5 Å². The Hall–Kier alpha value is -2.31. The summed E-state index contributed by atoms with van der Waals surface area (Å²) in [6.07, 6.45) is 0. The molecule has 1 amide bonds. The van der Waals surface area contributed by atoms with Crippen LogP contribution in [0.5, 0.6) is 0 Å². The van der Waals surface area contributed by atoms with E-state index < -0.39 is 5.97 Å². The molecule has 1 rings (SSSR count). The van der Waals surface area contributed by atoms with Gasteiger partial charge >= 0.3 is 5.97 Å². The number of carbonyl (C=O) groups is 2. The molecule has 0 atom stereocenters. The number of nitrogen functional groups attached to an aromatic ring is 1. The van der Waals surface area contributed by atoms with Crippen molar-refractivity contribution in [3.63, 3.8) is 0 Å². The van der Waals surface area contributed by atoms with Gasteiger partial charge in [0.25, 0.3) is 0 Å². The lowest BCUT2D eigenvalue weighted by atomic mass is 10.3. The maximum Gasteiger partial charge on any atom is 0.356 e. The summed E-state index contributed by atoms with van der Waals surface area (Å²) < 4.78 is 4.57. The summed E-state index contributed by atoms with van der Waals surface area (Å²) in [6.45, 7) is 2.56. The lowest BCUT2D eigenvalue weighted by Crippen LogP contribution is -2.32. The van der Waals surface area contributed by atoms with E-state index in [4.69, 9.17) is 5.73 Å². The Morgan fingerprint density at radius 2 is 2.16 bits per heavy atom. The molecule has 0 aliphatic heterocycles. The zero-order valence-electron chi connectivity index (χ0n) is 11.3. The number of hydrogen-bond donors (Lipinski definition) is 2. The van der Waals surface area contributed by atoms with Crippen LogP contribution in [0.1, 0.15) is 17.4 Å². The molecule has 0 aliphatic carbocycles. The molecule has 0 unspecified atom stereocenters. The number of pyridine rings is 1. The topological polar surface area (TPSA) is 97.5 Å². The molecule has 0 aliphatic rings. The predicted molar refractivity (Wildman–Crippen MR) is 71.8 cm³/mol. The Morgan fingerprint density at radius 1 is 1.47 bits per heavy atom. The van der Waals surface area contributed by atoms with Crippen molar-refractivity contribution in [1.82, 2.24) is 9.88 Å². The average molecular weight is 266 g/mol. The molecule has 0 fully saturated rings. The first-order chi connectivity index (χ1) is 8.99. The fourth-order valence-corrected chi connectivity index (χ4v) is 1.30. The number of anilines is 2. The maximum absolute atomic E-state index is 11.6. The molecular formula is C12H18N4O3. The van der Waals surface area contributed by atoms with E-state index >= 15 is 0 Å². The molecule has 0 saturated heterocycles. The Bertz CT molecular complexity index is 476. The van der Waals surface area contributed by atoms with Crippen LogP contribution >= 0.6 is 0 Å². The SMILES string of the molecule is CCN(C)C(=O)CNc1nc(C(=O)OC)ccc1N. The Labute approximate surface area is 111 Å². The molecule has 0 radical (unpaired) electrons. The molecule has 0 saturated carbocycles. The number of nitrogens with two attached hydrogens (primary N) is 1. The minimum atomic E-state index is -0.556. The Kier molecular flexibility index (Phi) is 5.11. The standard InChI is InChI=1S/C12H18N4O3/c1-4-16(2)10(17)7-14-11-8(13)5-6-9(15-11)12(18)19-3/h5-6H,4,7,13H2,1-3H3,(H,14,15). The van der Waals surface area contributed by atoms with Gasteiger partial charge in [-0.3, -0.25) is 4.79 Å². The second kappa shape index (κ2) is 6.58. The number of esters is 1. The van der Waals surface area contributed by atoms with Crippen molar-refractivity contribution in [1.29, 1.82) is 0 Å². The second-order valence-corrected chi connectivity index (χ2v) is 3.89. The summed E-state index contributed by atoms with van der Waals surface area (Å²) >= 11 is 0. The molecule has 3 N–H and O–H groups in total. The van der Waals surface area contributed by atoms with Gasteiger partial charge < -0.3 is 20.7 Å². The Balaban J connectivity index is 2.77. The first kappa shape index (κ1) is 14.7. The fourth-order valence-electron chi connectivity index (χ4n) is 1.30.